The van der Waals surface area contributed by atoms with Crippen LogP contribution in [0, 0.1) is 11.3 Å². The predicted molar refractivity (Wildman–Crippen MR) is 120 cm³/mol. The average molecular weight is 395 g/mol. The summed E-state index contributed by atoms with van der Waals surface area (Å²) in [6.07, 6.45) is 0. The molecule has 4 aromatic rings. The lowest BCUT2D eigenvalue weighted by molar-refractivity contribution is 0.00578. The molecular formula is C25H22BNO3. The second kappa shape index (κ2) is 6.47. The molecule has 0 saturated carbocycles. The molecule has 1 saturated heterocycles. The van der Waals surface area contributed by atoms with Crippen LogP contribution in [0.3, 0.4) is 0 Å². The molecule has 0 bridgehead atoms. The van der Waals surface area contributed by atoms with Gasteiger partial charge in [-0.3, -0.25) is 0 Å². The molecule has 0 amide bonds. The molecule has 148 valence electrons. The average Bonchev–Trinajstić information content (AvgIpc) is 3.21. The largest absolute Gasteiger partial charge is 0.494 e. The SMILES string of the molecule is CC1(C)OB(c2cc(C#N)cc(-c3cccc4c3oc3ccccc34)c2)OC1(C)C. The Balaban J connectivity index is 1.68. The third kappa shape index (κ3) is 2.84. The van der Waals surface area contributed by atoms with Crippen molar-refractivity contribution in [2.45, 2.75) is 38.9 Å². The molecule has 0 N–H and O–H groups in total. The van der Waals surface area contributed by atoms with Crippen LogP contribution in [0.1, 0.15) is 33.3 Å². The Morgan fingerprint density at radius 1 is 0.833 bits per heavy atom. The minimum Gasteiger partial charge on any atom is -0.455 e. The van der Waals surface area contributed by atoms with Crippen LogP contribution in [0.5, 0.6) is 0 Å². The fraction of sp³-hybridized carbons (Fsp3) is 0.240. The predicted octanol–water partition coefficient (Wildman–Crippen LogP) is 5.42. The van der Waals surface area contributed by atoms with Crippen molar-refractivity contribution in [1.82, 2.24) is 0 Å². The molecule has 0 atom stereocenters. The van der Waals surface area contributed by atoms with Gasteiger partial charge < -0.3 is 13.7 Å². The van der Waals surface area contributed by atoms with Gasteiger partial charge in [0.25, 0.3) is 0 Å². The molecule has 1 aliphatic rings. The third-order valence-corrected chi connectivity index (χ3v) is 6.33. The molecule has 3 aromatic carbocycles. The van der Waals surface area contributed by atoms with E-state index in [1.54, 1.807) is 0 Å². The Labute approximate surface area is 176 Å². The molecule has 30 heavy (non-hydrogen) atoms. The first-order valence-electron chi connectivity index (χ1n) is 10.1. The Morgan fingerprint density at radius 3 is 2.27 bits per heavy atom. The summed E-state index contributed by atoms with van der Waals surface area (Å²) in [4.78, 5) is 0. The fourth-order valence-corrected chi connectivity index (χ4v) is 3.96. The Morgan fingerprint density at radius 2 is 1.53 bits per heavy atom. The van der Waals surface area contributed by atoms with E-state index in [4.69, 9.17) is 13.7 Å². The number of nitrogens with zero attached hydrogens (tertiary/aromatic N) is 1. The number of furan rings is 1. The molecule has 0 radical (unpaired) electrons. The van der Waals surface area contributed by atoms with Crippen molar-refractivity contribution in [2.24, 2.45) is 0 Å². The van der Waals surface area contributed by atoms with E-state index in [0.29, 0.717) is 5.56 Å². The maximum absolute atomic E-state index is 9.65. The molecule has 5 rings (SSSR count). The second-order valence-electron chi connectivity index (χ2n) is 8.82. The smallest absolute Gasteiger partial charge is 0.455 e. The number of benzene rings is 3. The van der Waals surface area contributed by atoms with Crippen LogP contribution in [-0.4, -0.2) is 18.3 Å². The highest BCUT2D eigenvalue weighted by Gasteiger charge is 2.51. The van der Waals surface area contributed by atoms with E-state index in [-0.39, 0.29) is 0 Å². The third-order valence-electron chi connectivity index (χ3n) is 6.33. The van der Waals surface area contributed by atoms with Gasteiger partial charge in [-0.25, -0.2) is 0 Å². The quantitative estimate of drug-likeness (QED) is 0.425. The van der Waals surface area contributed by atoms with Gasteiger partial charge in [0.1, 0.15) is 11.2 Å². The van der Waals surface area contributed by atoms with E-state index >= 15 is 0 Å². The van der Waals surface area contributed by atoms with Crippen LogP contribution in [0.15, 0.2) is 65.1 Å². The molecular weight excluding hydrogens is 373 g/mol. The minimum atomic E-state index is -0.531. The fourth-order valence-electron chi connectivity index (χ4n) is 3.96. The van der Waals surface area contributed by atoms with Gasteiger partial charge in [0.15, 0.2) is 0 Å². The summed E-state index contributed by atoms with van der Waals surface area (Å²) >= 11 is 0. The summed E-state index contributed by atoms with van der Waals surface area (Å²) in [6, 6.07) is 22.2. The first kappa shape index (κ1) is 18.9. The minimum absolute atomic E-state index is 0.445. The highest BCUT2D eigenvalue weighted by Crippen LogP contribution is 2.38. The molecule has 1 aliphatic heterocycles. The lowest BCUT2D eigenvalue weighted by Crippen LogP contribution is -2.41. The number of nitriles is 1. The highest BCUT2D eigenvalue weighted by atomic mass is 16.7. The highest BCUT2D eigenvalue weighted by molar-refractivity contribution is 6.62. The van der Waals surface area contributed by atoms with Gasteiger partial charge >= 0.3 is 7.12 Å². The van der Waals surface area contributed by atoms with E-state index in [1.807, 2.05) is 76.2 Å². The van der Waals surface area contributed by atoms with E-state index in [0.717, 1.165) is 38.5 Å². The number of para-hydroxylation sites is 2. The Hall–Kier alpha value is -3.07. The zero-order chi connectivity index (χ0) is 21.1. The number of hydrogen-bond donors (Lipinski definition) is 0. The van der Waals surface area contributed by atoms with E-state index in [2.05, 4.69) is 18.2 Å². The maximum Gasteiger partial charge on any atom is 0.494 e. The zero-order valence-electron chi connectivity index (χ0n) is 17.5. The van der Waals surface area contributed by atoms with Crippen molar-refractivity contribution >= 4 is 34.5 Å². The molecule has 2 heterocycles. The van der Waals surface area contributed by atoms with Crippen molar-refractivity contribution in [1.29, 1.82) is 5.26 Å². The summed E-state index contributed by atoms with van der Waals surface area (Å²) in [7, 11) is -0.531. The van der Waals surface area contributed by atoms with Crippen LogP contribution in [0.25, 0.3) is 33.1 Å². The van der Waals surface area contributed by atoms with Gasteiger partial charge in [-0.2, -0.15) is 5.26 Å². The van der Waals surface area contributed by atoms with Crippen molar-refractivity contribution < 1.29 is 13.7 Å². The summed E-state index contributed by atoms with van der Waals surface area (Å²) in [5.41, 5.74) is 4.01. The lowest BCUT2D eigenvalue weighted by atomic mass is 9.77. The second-order valence-corrected chi connectivity index (χ2v) is 8.82. The zero-order valence-corrected chi connectivity index (χ0v) is 17.5. The van der Waals surface area contributed by atoms with Crippen molar-refractivity contribution in [3.05, 3.63) is 66.2 Å². The van der Waals surface area contributed by atoms with Crippen molar-refractivity contribution in [2.75, 3.05) is 0 Å². The molecule has 4 nitrogen and oxygen atoms in total. The number of rotatable bonds is 2. The van der Waals surface area contributed by atoms with Crippen molar-refractivity contribution in [3.8, 4) is 17.2 Å². The first-order valence-corrected chi connectivity index (χ1v) is 10.1. The van der Waals surface area contributed by atoms with Gasteiger partial charge in [0.05, 0.1) is 22.8 Å². The standard InChI is InChI=1S/C25H22BNO3/c1-24(2)25(3,4)30-26(29-24)18-13-16(15-27)12-17(14-18)19-9-7-10-21-20-8-5-6-11-22(20)28-23(19)21/h5-14H,1-4H3. The molecule has 0 unspecified atom stereocenters. The van der Waals surface area contributed by atoms with Gasteiger partial charge in [-0.1, -0.05) is 42.5 Å². The van der Waals surface area contributed by atoms with Crippen LogP contribution in [-0.2, 0) is 9.31 Å². The normalized spacial score (nSPS) is 17.5. The maximum atomic E-state index is 9.65. The summed E-state index contributed by atoms with van der Waals surface area (Å²) in [5.74, 6) is 0. The van der Waals surface area contributed by atoms with Crippen LogP contribution >= 0.6 is 0 Å². The monoisotopic (exact) mass is 395 g/mol. The summed E-state index contributed by atoms with van der Waals surface area (Å²) < 4.78 is 18.6. The van der Waals surface area contributed by atoms with E-state index in [1.165, 1.54) is 0 Å². The topological polar surface area (TPSA) is 55.4 Å². The molecule has 1 fully saturated rings. The number of fused-ring (bicyclic) bond motifs is 3. The van der Waals surface area contributed by atoms with Gasteiger partial charge in [-0.15, -0.1) is 0 Å². The molecule has 5 heteroatoms. The lowest BCUT2D eigenvalue weighted by Gasteiger charge is -2.32. The van der Waals surface area contributed by atoms with Crippen LogP contribution in [0.2, 0.25) is 0 Å². The summed E-state index contributed by atoms with van der Waals surface area (Å²) in [5, 5.41) is 11.8. The Bertz CT molecular complexity index is 1310. The van der Waals surface area contributed by atoms with E-state index < -0.39 is 18.3 Å². The van der Waals surface area contributed by atoms with E-state index in [9.17, 15) is 5.26 Å². The number of hydrogen-bond acceptors (Lipinski definition) is 4. The van der Waals surface area contributed by atoms with Crippen LogP contribution < -0.4 is 5.46 Å². The molecule has 1 aromatic heterocycles. The molecule has 0 aliphatic carbocycles. The summed E-state index contributed by atoms with van der Waals surface area (Å²) in [6.45, 7) is 8.10. The van der Waals surface area contributed by atoms with Gasteiger partial charge in [0.2, 0.25) is 0 Å². The van der Waals surface area contributed by atoms with Crippen molar-refractivity contribution in [3.63, 3.8) is 0 Å². The first-order chi connectivity index (χ1) is 14.3. The Kier molecular flexibility index (Phi) is 4.08. The van der Waals surface area contributed by atoms with Gasteiger partial charge in [0, 0.05) is 16.3 Å². The van der Waals surface area contributed by atoms with Gasteiger partial charge in [-0.05, 0) is 56.9 Å². The van der Waals surface area contributed by atoms with Crippen LogP contribution in [0.4, 0.5) is 0 Å². The molecule has 0 spiro atoms.